The molecule has 0 saturated heterocycles. The number of allylic oxidation sites excluding steroid dienone is 1. The summed E-state index contributed by atoms with van der Waals surface area (Å²) in [5.74, 6) is 1.54. The van der Waals surface area contributed by atoms with Crippen LogP contribution in [0, 0.1) is 11.8 Å². The highest BCUT2D eigenvalue weighted by atomic mass is 14.1. The van der Waals surface area contributed by atoms with E-state index in [2.05, 4.69) is 33.4 Å². The van der Waals surface area contributed by atoms with Crippen molar-refractivity contribution in [2.75, 3.05) is 0 Å². The fourth-order valence-electron chi connectivity index (χ4n) is 1.10. The van der Waals surface area contributed by atoms with Crippen molar-refractivity contribution in [2.45, 2.75) is 33.6 Å². The van der Waals surface area contributed by atoms with Crippen LogP contribution in [0.4, 0.5) is 0 Å². The first-order valence-electron chi connectivity index (χ1n) is 3.88. The van der Waals surface area contributed by atoms with E-state index in [0.29, 0.717) is 0 Å². The molecule has 0 nitrogen and oxygen atoms in total. The van der Waals surface area contributed by atoms with Crippen LogP contribution in [0.25, 0.3) is 0 Å². The second kappa shape index (κ2) is 4.60. The summed E-state index contributed by atoms with van der Waals surface area (Å²) in [6, 6.07) is 0. The molecular formula is C9H18. The van der Waals surface area contributed by atoms with Crippen molar-refractivity contribution < 1.29 is 0 Å². The normalized spacial score (nSPS) is 16.8. The Morgan fingerprint density at radius 1 is 1.33 bits per heavy atom. The summed E-state index contributed by atoms with van der Waals surface area (Å²) < 4.78 is 0. The van der Waals surface area contributed by atoms with Crippen LogP contribution in [0.15, 0.2) is 12.7 Å². The zero-order valence-electron chi connectivity index (χ0n) is 6.85. The van der Waals surface area contributed by atoms with Gasteiger partial charge in [-0.3, -0.25) is 0 Å². The largest absolute Gasteiger partial charge is 0.103 e. The second-order valence-corrected chi connectivity index (χ2v) is 2.69. The Bertz CT molecular complexity index is 74.1. The van der Waals surface area contributed by atoms with E-state index >= 15 is 0 Å². The van der Waals surface area contributed by atoms with Crippen LogP contribution in [0.5, 0.6) is 0 Å². The smallest absolute Gasteiger partial charge is 0.0213 e. The highest BCUT2D eigenvalue weighted by Gasteiger charge is 2.07. The molecule has 0 aromatic carbocycles. The van der Waals surface area contributed by atoms with E-state index in [1.54, 1.807) is 0 Å². The van der Waals surface area contributed by atoms with Gasteiger partial charge in [0.25, 0.3) is 0 Å². The molecule has 0 saturated carbocycles. The molecular weight excluding hydrogens is 108 g/mol. The highest BCUT2D eigenvalue weighted by Crippen LogP contribution is 2.18. The van der Waals surface area contributed by atoms with E-state index in [1.807, 2.05) is 0 Å². The summed E-state index contributed by atoms with van der Waals surface area (Å²) in [4.78, 5) is 0. The third-order valence-electron chi connectivity index (χ3n) is 2.15. The average Bonchev–Trinajstić information content (AvgIpc) is 1.90. The SMILES string of the molecule is C=CC(CC)C(C)CC. The Balaban J connectivity index is 3.63. The van der Waals surface area contributed by atoms with Crippen LogP contribution in [-0.2, 0) is 0 Å². The van der Waals surface area contributed by atoms with Gasteiger partial charge in [0, 0.05) is 0 Å². The molecule has 0 bridgehead atoms. The fraction of sp³-hybridized carbons (Fsp3) is 0.778. The number of hydrogen-bond acceptors (Lipinski definition) is 0. The minimum Gasteiger partial charge on any atom is -0.103 e. The first-order chi connectivity index (χ1) is 4.26. The number of rotatable bonds is 4. The molecule has 0 aliphatic rings. The molecule has 0 heteroatoms. The van der Waals surface area contributed by atoms with E-state index < -0.39 is 0 Å². The standard InChI is InChI=1S/C9H18/c1-5-8(4)9(6-2)7-3/h6,8-9H,2,5,7H2,1,3-4H3. The Labute approximate surface area is 59.0 Å². The molecule has 2 atom stereocenters. The zero-order chi connectivity index (χ0) is 7.28. The Kier molecular flexibility index (Phi) is 4.47. The first-order valence-corrected chi connectivity index (χ1v) is 3.88. The highest BCUT2D eigenvalue weighted by molar-refractivity contribution is 4.80. The molecule has 0 aromatic rings. The van der Waals surface area contributed by atoms with Crippen molar-refractivity contribution in [3.8, 4) is 0 Å². The molecule has 0 radical (unpaired) electrons. The van der Waals surface area contributed by atoms with Gasteiger partial charge in [0.2, 0.25) is 0 Å². The molecule has 0 aromatic heterocycles. The van der Waals surface area contributed by atoms with Crippen LogP contribution >= 0.6 is 0 Å². The van der Waals surface area contributed by atoms with Crippen molar-refractivity contribution in [1.82, 2.24) is 0 Å². The lowest BCUT2D eigenvalue weighted by Crippen LogP contribution is -2.05. The Morgan fingerprint density at radius 2 is 1.89 bits per heavy atom. The summed E-state index contributed by atoms with van der Waals surface area (Å²) in [5, 5.41) is 0. The van der Waals surface area contributed by atoms with Crippen LogP contribution in [-0.4, -0.2) is 0 Å². The van der Waals surface area contributed by atoms with Gasteiger partial charge in [-0.05, 0) is 18.3 Å². The van der Waals surface area contributed by atoms with Gasteiger partial charge in [-0.15, -0.1) is 6.58 Å². The molecule has 0 heterocycles. The van der Waals surface area contributed by atoms with Crippen LogP contribution in [0.1, 0.15) is 33.6 Å². The molecule has 54 valence electrons. The van der Waals surface area contributed by atoms with Gasteiger partial charge in [-0.2, -0.15) is 0 Å². The van der Waals surface area contributed by atoms with Gasteiger partial charge in [0.05, 0.1) is 0 Å². The Hall–Kier alpha value is -0.260. The predicted octanol–water partition coefficient (Wildman–Crippen LogP) is 3.24. The quantitative estimate of drug-likeness (QED) is 0.507. The lowest BCUT2D eigenvalue weighted by Gasteiger charge is -2.16. The molecule has 0 spiro atoms. The average molecular weight is 126 g/mol. The fourth-order valence-corrected chi connectivity index (χ4v) is 1.10. The summed E-state index contributed by atoms with van der Waals surface area (Å²) in [6.45, 7) is 10.5. The molecule has 9 heavy (non-hydrogen) atoms. The molecule has 0 fully saturated rings. The lowest BCUT2D eigenvalue weighted by atomic mass is 9.90. The van der Waals surface area contributed by atoms with Gasteiger partial charge in [0.15, 0.2) is 0 Å². The minimum atomic E-state index is 0.731. The van der Waals surface area contributed by atoms with E-state index in [4.69, 9.17) is 0 Å². The maximum Gasteiger partial charge on any atom is -0.0213 e. The van der Waals surface area contributed by atoms with Gasteiger partial charge >= 0.3 is 0 Å². The second-order valence-electron chi connectivity index (χ2n) is 2.69. The third kappa shape index (κ3) is 2.69. The summed E-state index contributed by atoms with van der Waals surface area (Å²) >= 11 is 0. The zero-order valence-corrected chi connectivity index (χ0v) is 6.85. The van der Waals surface area contributed by atoms with Crippen molar-refractivity contribution >= 4 is 0 Å². The topological polar surface area (TPSA) is 0 Å². The molecule has 0 aliphatic carbocycles. The maximum absolute atomic E-state index is 3.80. The van der Waals surface area contributed by atoms with E-state index in [9.17, 15) is 0 Å². The minimum absolute atomic E-state index is 0.731. The van der Waals surface area contributed by atoms with Crippen molar-refractivity contribution in [3.05, 3.63) is 12.7 Å². The van der Waals surface area contributed by atoms with Gasteiger partial charge in [-0.25, -0.2) is 0 Å². The van der Waals surface area contributed by atoms with Crippen LogP contribution in [0.2, 0.25) is 0 Å². The summed E-state index contributed by atoms with van der Waals surface area (Å²) in [5.41, 5.74) is 0. The molecule has 2 unspecified atom stereocenters. The first kappa shape index (κ1) is 8.74. The Morgan fingerprint density at radius 3 is 2.00 bits per heavy atom. The summed E-state index contributed by atoms with van der Waals surface area (Å²) in [7, 11) is 0. The predicted molar refractivity (Wildman–Crippen MR) is 43.4 cm³/mol. The summed E-state index contributed by atoms with van der Waals surface area (Å²) in [6.07, 6.45) is 4.58. The number of hydrogen-bond donors (Lipinski definition) is 0. The van der Waals surface area contributed by atoms with Crippen molar-refractivity contribution in [2.24, 2.45) is 11.8 Å². The molecule has 0 N–H and O–H groups in total. The van der Waals surface area contributed by atoms with E-state index in [0.717, 1.165) is 11.8 Å². The van der Waals surface area contributed by atoms with Crippen LogP contribution < -0.4 is 0 Å². The monoisotopic (exact) mass is 126 g/mol. The van der Waals surface area contributed by atoms with Gasteiger partial charge < -0.3 is 0 Å². The molecule has 0 rings (SSSR count). The van der Waals surface area contributed by atoms with Gasteiger partial charge in [0.1, 0.15) is 0 Å². The van der Waals surface area contributed by atoms with Gasteiger partial charge in [-0.1, -0.05) is 33.3 Å². The van der Waals surface area contributed by atoms with Crippen LogP contribution in [0.3, 0.4) is 0 Å². The van der Waals surface area contributed by atoms with Crippen molar-refractivity contribution in [3.63, 3.8) is 0 Å². The van der Waals surface area contributed by atoms with E-state index in [-0.39, 0.29) is 0 Å². The van der Waals surface area contributed by atoms with E-state index in [1.165, 1.54) is 12.8 Å². The molecule has 0 amide bonds. The molecule has 0 aliphatic heterocycles. The maximum atomic E-state index is 3.80. The van der Waals surface area contributed by atoms with Crippen molar-refractivity contribution in [1.29, 1.82) is 0 Å². The lowest BCUT2D eigenvalue weighted by molar-refractivity contribution is 0.407. The third-order valence-corrected chi connectivity index (χ3v) is 2.15.